The van der Waals surface area contributed by atoms with Crippen LogP contribution in [0, 0.1) is 0 Å². The van der Waals surface area contributed by atoms with E-state index in [2.05, 4.69) is 5.32 Å². The average molecular weight is 235 g/mol. The van der Waals surface area contributed by atoms with E-state index in [4.69, 9.17) is 5.73 Å². The number of nitrogens with one attached hydrogen (secondary N) is 1. The highest BCUT2D eigenvalue weighted by Crippen LogP contribution is 2.07. The molecule has 0 aliphatic heterocycles. The number of benzene rings is 1. The minimum Gasteiger partial charge on any atom is -0.358 e. The van der Waals surface area contributed by atoms with Gasteiger partial charge in [0, 0.05) is 26.2 Å². The number of amides is 2. The Bertz CT molecular complexity index is 418. The molecule has 0 spiro atoms. The highest BCUT2D eigenvalue weighted by molar-refractivity contribution is 5.96. The maximum absolute atomic E-state index is 12.0. The average Bonchev–Trinajstić information content (AvgIpc) is 2.37. The summed E-state index contributed by atoms with van der Waals surface area (Å²) in [5.74, 6) is -0.389. The third-order valence-electron chi connectivity index (χ3n) is 2.42. The first-order valence-corrected chi connectivity index (χ1v) is 5.33. The van der Waals surface area contributed by atoms with E-state index in [1.165, 1.54) is 11.9 Å². The zero-order valence-electron chi connectivity index (χ0n) is 10.1. The minimum atomic E-state index is -0.198. The van der Waals surface area contributed by atoms with Gasteiger partial charge in [-0.3, -0.25) is 9.59 Å². The SMILES string of the molecule is CNC(=O)CN(C)C(=O)c1cccc(CN)c1. The molecule has 5 heteroatoms. The molecule has 2 amide bonds. The molecule has 1 rings (SSSR count). The first-order chi connectivity index (χ1) is 8.08. The van der Waals surface area contributed by atoms with Crippen molar-refractivity contribution in [1.29, 1.82) is 0 Å². The Balaban J connectivity index is 2.77. The lowest BCUT2D eigenvalue weighted by molar-refractivity contribution is -0.121. The summed E-state index contributed by atoms with van der Waals surface area (Å²) in [6.07, 6.45) is 0. The second kappa shape index (κ2) is 6.00. The molecule has 0 fully saturated rings. The first kappa shape index (κ1) is 13.2. The van der Waals surface area contributed by atoms with Crippen LogP contribution in [0.25, 0.3) is 0 Å². The van der Waals surface area contributed by atoms with Crippen LogP contribution >= 0.6 is 0 Å². The summed E-state index contributed by atoms with van der Waals surface area (Å²) in [5.41, 5.74) is 6.94. The van der Waals surface area contributed by atoms with Gasteiger partial charge in [0.25, 0.3) is 5.91 Å². The van der Waals surface area contributed by atoms with Crippen LogP contribution < -0.4 is 11.1 Å². The number of nitrogens with zero attached hydrogens (tertiary/aromatic N) is 1. The lowest BCUT2D eigenvalue weighted by atomic mass is 10.1. The number of carbonyl (C=O) groups excluding carboxylic acids is 2. The predicted octanol–water partition coefficient (Wildman–Crippen LogP) is -0.0367. The van der Waals surface area contributed by atoms with Gasteiger partial charge in [-0.05, 0) is 17.7 Å². The van der Waals surface area contributed by atoms with Gasteiger partial charge in [-0.2, -0.15) is 0 Å². The van der Waals surface area contributed by atoms with E-state index in [-0.39, 0.29) is 18.4 Å². The van der Waals surface area contributed by atoms with Crippen LogP contribution in [-0.2, 0) is 11.3 Å². The summed E-state index contributed by atoms with van der Waals surface area (Å²) >= 11 is 0. The summed E-state index contributed by atoms with van der Waals surface area (Å²) in [6, 6.07) is 7.09. The number of nitrogens with two attached hydrogens (primary N) is 1. The molecule has 0 radical (unpaired) electrons. The van der Waals surface area contributed by atoms with Gasteiger partial charge in [0.05, 0.1) is 6.54 Å². The smallest absolute Gasteiger partial charge is 0.254 e. The molecule has 92 valence electrons. The molecule has 0 heterocycles. The zero-order valence-corrected chi connectivity index (χ0v) is 10.1. The summed E-state index contributed by atoms with van der Waals surface area (Å²) < 4.78 is 0. The van der Waals surface area contributed by atoms with Crippen molar-refractivity contribution in [2.45, 2.75) is 6.54 Å². The van der Waals surface area contributed by atoms with Crippen molar-refractivity contribution in [1.82, 2.24) is 10.2 Å². The maximum atomic E-state index is 12.0. The first-order valence-electron chi connectivity index (χ1n) is 5.33. The van der Waals surface area contributed by atoms with Crippen LogP contribution in [0.15, 0.2) is 24.3 Å². The van der Waals surface area contributed by atoms with Gasteiger partial charge < -0.3 is 16.0 Å². The third-order valence-corrected chi connectivity index (χ3v) is 2.42. The van der Waals surface area contributed by atoms with Gasteiger partial charge in [0.2, 0.25) is 5.91 Å². The monoisotopic (exact) mass is 235 g/mol. The van der Waals surface area contributed by atoms with Crippen LogP contribution in [0.2, 0.25) is 0 Å². The highest BCUT2D eigenvalue weighted by Gasteiger charge is 2.14. The molecule has 5 nitrogen and oxygen atoms in total. The number of hydrogen-bond donors (Lipinski definition) is 2. The van der Waals surface area contributed by atoms with E-state index in [0.717, 1.165) is 5.56 Å². The molecule has 1 aromatic carbocycles. The van der Waals surface area contributed by atoms with Gasteiger partial charge in [-0.15, -0.1) is 0 Å². The zero-order chi connectivity index (χ0) is 12.8. The van der Waals surface area contributed by atoms with Gasteiger partial charge in [-0.1, -0.05) is 12.1 Å². The Morgan fingerprint density at radius 1 is 1.41 bits per heavy atom. The molecular weight excluding hydrogens is 218 g/mol. The van der Waals surface area contributed by atoms with Crippen molar-refractivity contribution in [3.05, 3.63) is 35.4 Å². The molecule has 3 N–H and O–H groups in total. The van der Waals surface area contributed by atoms with Gasteiger partial charge in [-0.25, -0.2) is 0 Å². The fraction of sp³-hybridized carbons (Fsp3) is 0.333. The molecule has 1 aromatic rings. The van der Waals surface area contributed by atoms with Crippen LogP contribution in [-0.4, -0.2) is 37.4 Å². The Morgan fingerprint density at radius 3 is 2.71 bits per heavy atom. The lowest BCUT2D eigenvalue weighted by Gasteiger charge is -2.16. The summed E-state index contributed by atoms with van der Waals surface area (Å²) in [4.78, 5) is 24.5. The van der Waals surface area contributed by atoms with Crippen molar-refractivity contribution >= 4 is 11.8 Å². The van der Waals surface area contributed by atoms with Crippen molar-refractivity contribution in [3.63, 3.8) is 0 Å². The summed E-state index contributed by atoms with van der Waals surface area (Å²) in [7, 11) is 3.13. The Morgan fingerprint density at radius 2 is 2.12 bits per heavy atom. The third kappa shape index (κ3) is 3.57. The van der Waals surface area contributed by atoms with Crippen LogP contribution in [0.4, 0.5) is 0 Å². The number of carbonyl (C=O) groups is 2. The summed E-state index contributed by atoms with van der Waals surface area (Å²) in [6.45, 7) is 0.433. The van der Waals surface area contributed by atoms with E-state index >= 15 is 0 Å². The maximum Gasteiger partial charge on any atom is 0.254 e. The molecule has 0 aromatic heterocycles. The molecule has 0 saturated heterocycles. The lowest BCUT2D eigenvalue weighted by Crippen LogP contribution is -2.36. The molecule has 17 heavy (non-hydrogen) atoms. The molecular formula is C12H17N3O2. The van der Waals surface area contributed by atoms with Gasteiger partial charge in [0.1, 0.15) is 0 Å². The number of rotatable bonds is 4. The standard InChI is InChI=1S/C12H17N3O2/c1-14-11(16)8-15(2)12(17)10-5-3-4-9(6-10)7-13/h3-6H,7-8,13H2,1-2H3,(H,14,16). The van der Waals surface area contributed by atoms with Gasteiger partial charge >= 0.3 is 0 Å². The van der Waals surface area contributed by atoms with Crippen molar-refractivity contribution in [3.8, 4) is 0 Å². The fourth-order valence-electron chi connectivity index (χ4n) is 1.42. The van der Waals surface area contributed by atoms with Crippen LogP contribution in [0.1, 0.15) is 15.9 Å². The van der Waals surface area contributed by atoms with E-state index in [1.807, 2.05) is 6.07 Å². The van der Waals surface area contributed by atoms with Gasteiger partial charge in [0.15, 0.2) is 0 Å². The Kier molecular flexibility index (Phi) is 4.66. The number of likely N-dealkylation sites (N-methyl/N-ethyl adjacent to an activating group) is 2. The van der Waals surface area contributed by atoms with E-state index in [9.17, 15) is 9.59 Å². The molecule has 0 aliphatic carbocycles. The van der Waals surface area contributed by atoms with E-state index in [0.29, 0.717) is 12.1 Å². The second-order valence-corrected chi connectivity index (χ2v) is 3.74. The van der Waals surface area contributed by atoms with E-state index in [1.54, 1.807) is 25.2 Å². The van der Waals surface area contributed by atoms with Crippen molar-refractivity contribution < 1.29 is 9.59 Å². The predicted molar refractivity (Wildman–Crippen MR) is 65.4 cm³/mol. The van der Waals surface area contributed by atoms with Crippen molar-refractivity contribution in [2.75, 3.05) is 20.6 Å². The van der Waals surface area contributed by atoms with E-state index < -0.39 is 0 Å². The largest absolute Gasteiger partial charge is 0.358 e. The Labute approximate surface area is 101 Å². The molecule has 0 unspecified atom stereocenters. The minimum absolute atomic E-state index is 0.0438. The second-order valence-electron chi connectivity index (χ2n) is 3.74. The molecule has 0 bridgehead atoms. The summed E-state index contributed by atoms with van der Waals surface area (Å²) in [5, 5.41) is 2.47. The van der Waals surface area contributed by atoms with Crippen LogP contribution in [0.3, 0.4) is 0 Å². The van der Waals surface area contributed by atoms with Crippen molar-refractivity contribution in [2.24, 2.45) is 5.73 Å². The topological polar surface area (TPSA) is 75.4 Å². The quantitative estimate of drug-likeness (QED) is 0.769. The molecule has 0 saturated carbocycles. The molecule has 0 aliphatic rings. The molecule has 0 atom stereocenters. The normalized spacial score (nSPS) is 9.82. The number of hydrogen-bond acceptors (Lipinski definition) is 3. The highest BCUT2D eigenvalue weighted by atomic mass is 16.2. The van der Waals surface area contributed by atoms with Crippen LogP contribution in [0.5, 0.6) is 0 Å². The Hall–Kier alpha value is -1.88. The fourth-order valence-corrected chi connectivity index (χ4v) is 1.42.